The predicted octanol–water partition coefficient (Wildman–Crippen LogP) is 2.58. The predicted molar refractivity (Wildman–Crippen MR) is 63.1 cm³/mol. The molecule has 1 aromatic heterocycles. The van der Waals surface area contributed by atoms with Gasteiger partial charge in [-0.05, 0) is 41.8 Å². The number of rotatable bonds is 2. The van der Waals surface area contributed by atoms with Crippen molar-refractivity contribution >= 4 is 27.9 Å². The highest BCUT2D eigenvalue weighted by Gasteiger charge is 2.05. The number of nitrogens with two attached hydrogens (primary N) is 1. The van der Waals surface area contributed by atoms with Gasteiger partial charge in [0.15, 0.2) is 0 Å². The van der Waals surface area contributed by atoms with Crippen molar-refractivity contribution in [1.82, 2.24) is 0 Å². The van der Waals surface area contributed by atoms with Crippen LogP contribution in [-0.4, -0.2) is 5.91 Å². The number of amides is 1. The number of nitrogens with one attached hydrogen (secondary N) is 1. The summed E-state index contributed by atoms with van der Waals surface area (Å²) >= 11 is 1.49. The monoisotopic (exact) mass is 218 g/mol. The molecule has 0 aliphatic rings. The minimum Gasteiger partial charge on any atom is -0.399 e. The molecule has 0 saturated heterocycles. The molecule has 0 bridgehead atoms. The highest BCUT2D eigenvalue weighted by molar-refractivity contribution is 7.14. The fourth-order valence-electron chi connectivity index (χ4n) is 1.17. The van der Waals surface area contributed by atoms with E-state index in [1.807, 2.05) is 17.5 Å². The van der Waals surface area contributed by atoms with Crippen molar-refractivity contribution in [2.45, 2.75) is 0 Å². The largest absolute Gasteiger partial charge is 0.399 e. The van der Waals surface area contributed by atoms with Gasteiger partial charge in [-0.25, -0.2) is 0 Å². The van der Waals surface area contributed by atoms with Gasteiger partial charge in [-0.3, -0.25) is 4.79 Å². The third-order valence-corrected chi connectivity index (χ3v) is 2.72. The Bertz CT molecular complexity index is 448. The lowest BCUT2D eigenvalue weighted by Gasteiger charge is -2.02. The van der Waals surface area contributed by atoms with Gasteiger partial charge in [0.25, 0.3) is 5.91 Å². The maximum Gasteiger partial charge on any atom is 0.256 e. The highest BCUT2D eigenvalue weighted by Crippen LogP contribution is 2.16. The molecule has 2 rings (SSSR count). The Morgan fingerprint density at radius 2 is 1.93 bits per heavy atom. The lowest BCUT2D eigenvalue weighted by Crippen LogP contribution is -2.10. The number of benzene rings is 1. The minimum absolute atomic E-state index is 0.113. The molecule has 4 heteroatoms. The molecule has 3 nitrogen and oxygen atoms in total. The lowest BCUT2D eigenvalue weighted by atomic mass is 10.2. The van der Waals surface area contributed by atoms with Gasteiger partial charge in [0.1, 0.15) is 0 Å². The Labute approximate surface area is 91.5 Å². The zero-order valence-corrected chi connectivity index (χ0v) is 8.75. The van der Waals surface area contributed by atoms with Crippen LogP contribution < -0.4 is 11.1 Å². The number of anilines is 2. The zero-order chi connectivity index (χ0) is 10.7. The normalized spacial score (nSPS) is 9.87. The second-order valence-corrected chi connectivity index (χ2v) is 4.00. The molecule has 0 saturated carbocycles. The van der Waals surface area contributed by atoms with E-state index in [1.54, 1.807) is 24.3 Å². The van der Waals surface area contributed by atoms with Crippen LogP contribution in [0.3, 0.4) is 0 Å². The summed E-state index contributed by atoms with van der Waals surface area (Å²) in [6.45, 7) is 0. The summed E-state index contributed by atoms with van der Waals surface area (Å²) in [6, 6.07) is 10.6. The van der Waals surface area contributed by atoms with E-state index in [4.69, 9.17) is 5.73 Å². The van der Waals surface area contributed by atoms with Crippen molar-refractivity contribution in [3.63, 3.8) is 0 Å². The molecule has 76 valence electrons. The van der Waals surface area contributed by atoms with Crippen LogP contribution in [0, 0.1) is 0 Å². The van der Waals surface area contributed by atoms with Gasteiger partial charge >= 0.3 is 0 Å². The molecule has 0 fully saturated rings. The van der Waals surface area contributed by atoms with E-state index < -0.39 is 0 Å². The maximum absolute atomic E-state index is 11.7. The molecular formula is C11H10N2OS. The van der Waals surface area contributed by atoms with E-state index in [0.29, 0.717) is 11.3 Å². The minimum atomic E-state index is -0.113. The van der Waals surface area contributed by atoms with Crippen molar-refractivity contribution < 1.29 is 4.79 Å². The van der Waals surface area contributed by atoms with Crippen molar-refractivity contribution in [3.8, 4) is 0 Å². The lowest BCUT2D eigenvalue weighted by molar-refractivity contribution is 0.102. The summed E-state index contributed by atoms with van der Waals surface area (Å²) in [5, 5.41) is 5.56. The number of hydrogen-bond donors (Lipinski definition) is 2. The van der Waals surface area contributed by atoms with Gasteiger partial charge < -0.3 is 11.1 Å². The third-order valence-electron chi connectivity index (χ3n) is 1.93. The topological polar surface area (TPSA) is 55.1 Å². The molecular weight excluding hydrogens is 208 g/mol. The van der Waals surface area contributed by atoms with E-state index in [-0.39, 0.29) is 5.91 Å². The molecule has 3 N–H and O–H groups in total. The molecule has 1 heterocycles. The van der Waals surface area contributed by atoms with Gasteiger partial charge in [0, 0.05) is 11.3 Å². The number of carbonyl (C=O) groups is 1. The van der Waals surface area contributed by atoms with Crippen molar-refractivity contribution in [2.75, 3.05) is 11.1 Å². The van der Waals surface area contributed by atoms with Crippen LogP contribution in [0.1, 0.15) is 10.4 Å². The van der Waals surface area contributed by atoms with Crippen molar-refractivity contribution in [2.24, 2.45) is 0 Å². The van der Waals surface area contributed by atoms with E-state index in [9.17, 15) is 4.79 Å². The van der Waals surface area contributed by atoms with Crippen molar-refractivity contribution in [1.29, 1.82) is 0 Å². The zero-order valence-electron chi connectivity index (χ0n) is 7.94. The quantitative estimate of drug-likeness (QED) is 0.761. The summed E-state index contributed by atoms with van der Waals surface area (Å²) in [5.41, 5.74) is 6.80. The first-order valence-corrected chi connectivity index (χ1v) is 5.34. The van der Waals surface area contributed by atoms with Crippen LogP contribution >= 0.6 is 11.3 Å². The number of thiophene rings is 1. The second kappa shape index (κ2) is 4.14. The third kappa shape index (κ3) is 2.35. The average Bonchev–Trinajstić information content (AvgIpc) is 2.71. The first-order chi connectivity index (χ1) is 7.25. The van der Waals surface area contributed by atoms with Gasteiger partial charge in [0.05, 0.1) is 5.00 Å². The van der Waals surface area contributed by atoms with E-state index >= 15 is 0 Å². The summed E-state index contributed by atoms with van der Waals surface area (Å²) in [5.74, 6) is -0.113. The maximum atomic E-state index is 11.7. The Kier molecular flexibility index (Phi) is 2.69. The average molecular weight is 218 g/mol. The summed E-state index contributed by atoms with van der Waals surface area (Å²) in [6.07, 6.45) is 0. The first-order valence-electron chi connectivity index (χ1n) is 4.46. The molecule has 2 aromatic rings. The summed E-state index contributed by atoms with van der Waals surface area (Å²) in [4.78, 5) is 11.7. The molecule has 0 aliphatic carbocycles. The van der Waals surface area contributed by atoms with Crippen molar-refractivity contribution in [3.05, 3.63) is 47.3 Å². The van der Waals surface area contributed by atoms with Crippen LogP contribution in [0.4, 0.5) is 10.7 Å². The highest BCUT2D eigenvalue weighted by atomic mass is 32.1. The smallest absolute Gasteiger partial charge is 0.256 e. The fraction of sp³-hybridized carbons (Fsp3) is 0. The van der Waals surface area contributed by atoms with Crippen LogP contribution in [0.25, 0.3) is 0 Å². The Morgan fingerprint density at radius 3 is 2.53 bits per heavy atom. The molecule has 0 aliphatic heterocycles. The fourth-order valence-corrected chi connectivity index (χ4v) is 1.78. The molecule has 1 aromatic carbocycles. The van der Waals surface area contributed by atoms with Gasteiger partial charge in [-0.2, -0.15) is 0 Å². The van der Waals surface area contributed by atoms with E-state index in [0.717, 1.165) is 5.00 Å². The van der Waals surface area contributed by atoms with E-state index in [1.165, 1.54) is 11.3 Å². The Balaban J connectivity index is 2.11. The molecule has 0 spiro atoms. The molecule has 0 atom stereocenters. The Hall–Kier alpha value is -1.81. The standard InChI is InChI=1S/C11H10N2OS/c12-9-5-3-8(4-6-9)11(14)13-10-2-1-7-15-10/h1-7H,12H2,(H,13,14). The second-order valence-electron chi connectivity index (χ2n) is 3.05. The molecule has 15 heavy (non-hydrogen) atoms. The van der Waals surface area contributed by atoms with Crippen LogP contribution in [-0.2, 0) is 0 Å². The van der Waals surface area contributed by atoms with Crippen LogP contribution in [0.15, 0.2) is 41.8 Å². The van der Waals surface area contributed by atoms with Crippen LogP contribution in [0.2, 0.25) is 0 Å². The van der Waals surface area contributed by atoms with Gasteiger partial charge in [-0.15, -0.1) is 11.3 Å². The molecule has 1 amide bonds. The number of carbonyl (C=O) groups excluding carboxylic acids is 1. The molecule has 0 unspecified atom stereocenters. The number of nitrogen functional groups attached to an aromatic ring is 1. The first kappa shape index (κ1) is 9.73. The summed E-state index contributed by atoms with van der Waals surface area (Å²) < 4.78 is 0. The van der Waals surface area contributed by atoms with Gasteiger partial charge in [-0.1, -0.05) is 0 Å². The van der Waals surface area contributed by atoms with E-state index in [2.05, 4.69) is 5.32 Å². The Morgan fingerprint density at radius 1 is 1.20 bits per heavy atom. The number of hydrogen-bond acceptors (Lipinski definition) is 3. The van der Waals surface area contributed by atoms with Gasteiger partial charge in [0.2, 0.25) is 0 Å². The van der Waals surface area contributed by atoms with Crippen LogP contribution in [0.5, 0.6) is 0 Å². The SMILES string of the molecule is Nc1ccc(C(=O)Nc2cccs2)cc1. The molecule has 0 radical (unpaired) electrons. The summed E-state index contributed by atoms with van der Waals surface area (Å²) in [7, 11) is 0.